The van der Waals surface area contributed by atoms with Crippen LogP contribution in [0.5, 0.6) is 0 Å². The summed E-state index contributed by atoms with van der Waals surface area (Å²) in [4.78, 5) is 28.9. The Balaban J connectivity index is 1.64. The standard InChI is InChI=1S/C17H20N4O4/c22-11-15(17(24)20-21-7-9-25-10-8-21)19-16(23)14-6-5-12-3-1-2-4-13(12)18-14/h1-6,15,22H,7-11H2,(H,19,23)(H,20,24)/t15-/m0/s1. The lowest BCUT2D eigenvalue weighted by atomic mass is 10.2. The third kappa shape index (κ3) is 4.30. The molecular weight excluding hydrogens is 324 g/mol. The lowest BCUT2D eigenvalue weighted by Gasteiger charge is -2.28. The topological polar surface area (TPSA) is 104 Å². The van der Waals surface area contributed by atoms with Gasteiger partial charge in [-0.15, -0.1) is 0 Å². The summed E-state index contributed by atoms with van der Waals surface area (Å²) in [5.74, 6) is -0.986. The minimum absolute atomic E-state index is 0.191. The Hall–Kier alpha value is -2.55. The molecule has 1 fully saturated rings. The molecule has 2 heterocycles. The molecular formula is C17H20N4O4. The third-order valence-electron chi connectivity index (χ3n) is 3.91. The van der Waals surface area contributed by atoms with E-state index in [4.69, 9.17) is 4.74 Å². The van der Waals surface area contributed by atoms with Crippen molar-refractivity contribution in [1.82, 2.24) is 20.7 Å². The van der Waals surface area contributed by atoms with E-state index in [9.17, 15) is 14.7 Å². The molecule has 8 heteroatoms. The second-order valence-corrected chi connectivity index (χ2v) is 5.67. The van der Waals surface area contributed by atoms with Crippen LogP contribution in [0.3, 0.4) is 0 Å². The predicted molar refractivity (Wildman–Crippen MR) is 90.6 cm³/mol. The van der Waals surface area contributed by atoms with Gasteiger partial charge in [-0.05, 0) is 12.1 Å². The van der Waals surface area contributed by atoms with Crippen molar-refractivity contribution in [3.05, 3.63) is 42.1 Å². The number of ether oxygens (including phenoxy) is 1. The molecule has 0 aliphatic carbocycles. The first-order valence-electron chi connectivity index (χ1n) is 8.08. The van der Waals surface area contributed by atoms with E-state index in [2.05, 4.69) is 15.7 Å². The van der Waals surface area contributed by atoms with Crippen molar-refractivity contribution in [3.63, 3.8) is 0 Å². The van der Waals surface area contributed by atoms with Crippen molar-refractivity contribution >= 4 is 22.7 Å². The maximum atomic E-state index is 12.4. The fraction of sp³-hybridized carbons (Fsp3) is 0.353. The van der Waals surface area contributed by atoms with Crippen LogP contribution >= 0.6 is 0 Å². The fourth-order valence-electron chi connectivity index (χ4n) is 2.53. The number of aromatic nitrogens is 1. The van der Waals surface area contributed by atoms with Gasteiger partial charge in [-0.2, -0.15) is 0 Å². The van der Waals surface area contributed by atoms with Crippen LogP contribution in [0.25, 0.3) is 10.9 Å². The molecule has 0 bridgehead atoms. The monoisotopic (exact) mass is 344 g/mol. The molecule has 1 aliphatic heterocycles. The van der Waals surface area contributed by atoms with Gasteiger partial charge in [0.2, 0.25) is 0 Å². The van der Waals surface area contributed by atoms with Gasteiger partial charge in [0.05, 0.1) is 25.3 Å². The van der Waals surface area contributed by atoms with Crippen LogP contribution in [0.2, 0.25) is 0 Å². The summed E-state index contributed by atoms with van der Waals surface area (Å²) >= 11 is 0. The molecule has 0 spiro atoms. The number of carbonyl (C=O) groups excluding carboxylic acids is 2. The van der Waals surface area contributed by atoms with E-state index in [-0.39, 0.29) is 5.69 Å². The number of carbonyl (C=O) groups is 2. The molecule has 0 saturated carbocycles. The van der Waals surface area contributed by atoms with E-state index in [0.29, 0.717) is 31.8 Å². The summed E-state index contributed by atoms with van der Waals surface area (Å²) in [6.45, 7) is 1.67. The van der Waals surface area contributed by atoms with Gasteiger partial charge in [0.25, 0.3) is 11.8 Å². The van der Waals surface area contributed by atoms with E-state index in [1.165, 1.54) is 0 Å². The third-order valence-corrected chi connectivity index (χ3v) is 3.91. The number of para-hydroxylation sites is 1. The summed E-state index contributed by atoms with van der Waals surface area (Å²) in [6, 6.07) is 9.76. The zero-order chi connectivity index (χ0) is 17.6. The molecule has 8 nitrogen and oxygen atoms in total. The predicted octanol–water partition coefficient (Wildman–Crippen LogP) is -0.311. The highest BCUT2D eigenvalue weighted by Gasteiger charge is 2.23. The highest BCUT2D eigenvalue weighted by atomic mass is 16.5. The van der Waals surface area contributed by atoms with Crippen molar-refractivity contribution in [2.24, 2.45) is 0 Å². The first-order valence-corrected chi connectivity index (χ1v) is 8.08. The van der Waals surface area contributed by atoms with Crippen LogP contribution in [0.4, 0.5) is 0 Å². The van der Waals surface area contributed by atoms with Crippen molar-refractivity contribution in [1.29, 1.82) is 0 Å². The molecule has 3 N–H and O–H groups in total. The molecule has 1 saturated heterocycles. The molecule has 1 aliphatic rings. The minimum Gasteiger partial charge on any atom is -0.394 e. The Morgan fingerprint density at radius 1 is 1.20 bits per heavy atom. The Labute approximate surface area is 144 Å². The van der Waals surface area contributed by atoms with E-state index in [1.807, 2.05) is 18.2 Å². The van der Waals surface area contributed by atoms with Crippen LogP contribution in [-0.2, 0) is 9.53 Å². The number of benzene rings is 1. The Morgan fingerprint density at radius 3 is 2.72 bits per heavy atom. The number of nitrogens with one attached hydrogen (secondary N) is 2. The van der Waals surface area contributed by atoms with Gasteiger partial charge in [-0.3, -0.25) is 15.0 Å². The Bertz CT molecular complexity index is 761. The van der Waals surface area contributed by atoms with Gasteiger partial charge in [0.15, 0.2) is 0 Å². The second-order valence-electron chi connectivity index (χ2n) is 5.67. The lowest BCUT2D eigenvalue weighted by molar-refractivity contribution is -0.130. The number of hydrazine groups is 1. The molecule has 1 aromatic heterocycles. The van der Waals surface area contributed by atoms with Crippen molar-refractivity contribution in [2.45, 2.75) is 6.04 Å². The molecule has 25 heavy (non-hydrogen) atoms. The van der Waals surface area contributed by atoms with Gasteiger partial charge < -0.3 is 15.2 Å². The quantitative estimate of drug-likeness (QED) is 0.687. The van der Waals surface area contributed by atoms with E-state index < -0.39 is 24.5 Å². The van der Waals surface area contributed by atoms with E-state index in [0.717, 1.165) is 5.39 Å². The van der Waals surface area contributed by atoms with Crippen molar-refractivity contribution < 1.29 is 19.4 Å². The molecule has 2 aromatic rings. The van der Waals surface area contributed by atoms with E-state index >= 15 is 0 Å². The average Bonchev–Trinajstić information content (AvgIpc) is 2.66. The number of hydrogen-bond acceptors (Lipinski definition) is 6. The summed E-state index contributed by atoms with van der Waals surface area (Å²) in [5, 5.41) is 14.6. The lowest BCUT2D eigenvalue weighted by Crippen LogP contribution is -2.56. The first kappa shape index (κ1) is 17.3. The van der Waals surface area contributed by atoms with Crippen molar-refractivity contribution in [3.8, 4) is 0 Å². The number of hydrogen-bond donors (Lipinski definition) is 3. The largest absolute Gasteiger partial charge is 0.394 e. The van der Waals surface area contributed by atoms with Crippen LogP contribution in [0.15, 0.2) is 36.4 Å². The van der Waals surface area contributed by atoms with Gasteiger partial charge in [0, 0.05) is 18.5 Å². The molecule has 3 rings (SSSR count). The highest BCUT2D eigenvalue weighted by Crippen LogP contribution is 2.11. The number of pyridine rings is 1. The first-order chi connectivity index (χ1) is 12.2. The summed E-state index contributed by atoms with van der Waals surface area (Å²) in [5.41, 5.74) is 3.56. The Kier molecular flexibility index (Phi) is 5.54. The smallest absolute Gasteiger partial charge is 0.270 e. The van der Waals surface area contributed by atoms with Crippen LogP contribution in [-0.4, -0.2) is 65.9 Å². The molecule has 0 radical (unpaired) electrons. The number of aliphatic hydroxyl groups is 1. The number of fused-ring (bicyclic) bond motifs is 1. The van der Waals surface area contributed by atoms with Crippen LogP contribution < -0.4 is 10.7 Å². The maximum Gasteiger partial charge on any atom is 0.270 e. The SMILES string of the molecule is O=C(N[C@@H](CO)C(=O)NN1CCOCC1)c1ccc2ccccc2n1. The number of morpholine rings is 1. The number of amides is 2. The van der Waals surface area contributed by atoms with E-state index in [1.54, 1.807) is 23.2 Å². The second kappa shape index (κ2) is 8.02. The fourth-order valence-corrected chi connectivity index (χ4v) is 2.53. The zero-order valence-electron chi connectivity index (χ0n) is 13.6. The van der Waals surface area contributed by atoms with Gasteiger partial charge in [-0.25, -0.2) is 9.99 Å². The minimum atomic E-state index is -1.05. The molecule has 1 aromatic carbocycles. The number of aliphatic hydroxyl groups excluding tert-OH is 1. The van der Waals surface area contributed by atoms with Gasteiger partial charge in [-0.1, -0.05) is 24.3 Å². The summed E-state index contributed by atoms with van der Waals surface area (Å²) in [7, 11) is 0. The van der Waals surface area contributed by atoms with Crippen molar-refractivity contribution in [2.75, 3.05) is 32.9 Å². The molecule has 1 atom stereocenters. The molecule has 0 unspecified atom stereocenters. The van der Waals surface area contributed by atoms with Gasteiger partial charge in [0.1, 0.15) is 11.7 Å². The average molecular weight is 344 g/mol. The summed E-state index contributed by atoms with van der Waals surface area (Å²) < 4.78 is 5.21. The normalized spacial score (nSPS) is 16.4. The zero-order valence-corrected chi connectivity index (χ0v) is 13.6. The molecule has 2 amide bonds. The number of nitrogens with zero attached hydrogens (tertiary/aromatic N) is 2. The Morgan fingerprint density at radius 2 is 1.96 bits per heavy atom. The number of rotatable bonds is 5. The van der Waals surface area contributed by atoms with Crippen LogP contribution in [0, 0.1) is 0 Å². The van der Waals surface area contributed by atoms with Gasteiger partial charge >= 0.3 is 0 Å². The summed E-state index contributed by atoms with van der Waals surface area (Å²) in [6.07, 6.45) is 0. The highest BCUT2D eigenvalue weighted by molar-refractivity contribution is 5.97. The van der Waals surface area contributed by atoms with Crippen LogP contribution in [0.1, 0.15) is 10.5 Å². The molecule has 132 valence electrons. The maximum absolute atomic E-state index is 12.4.